The smallest absolute Gasteiger partial charge is 0.227 e. The number of nitrogens with one attached hydrogen (secondary N) is 1. The van der Waals surface area contributed by atoms with Crippen molar-refractivity contribution in [2.45, 2.75) is 18.9 Å². The summed E-state index contributed by atoms with van der Waals surface area (Å²) in [6.07, 6.45) is 1.61. The molecule has 1 aromatic carbocycles. The molecule has 2 heterocycles. The van der Waals surface area contributed by atoms with Crippen molar-refractivity contribution in [3.8, 4) is 0 Å². The Balaban J connectivity index is 0.00000176. The third kappa shape index (κ3) is 4.22. The van der Waals surface area contributed by atoms with Crippen LogP contribution >= 0.6 is 28.3 Å². The van der Waals surface area contributed by atoms with Crippen LogP contribution in [0.2, 0.25) is 0 Å². The second-order valence-electron chi connectivity index (χ2n) is 5.84. The van der Waals surface area contributed by atoms with Crippen LogP contribution in [0.3, 0.4) is 0 Å². The number of hydrogen-bond donors (Lipinski definition) is 1. The van der Waals surface area contributed by atoms with Crippen molar-refractivity contribution < 1.29 is 4.79 Å². The minimum Gasteiger partial charge on any atom is -0.341 e. The van der Waals surface area contributed by atoms with Crippen molar-refractivity contribution in [1.29, 1.82) is 0 Å². The SMILES string of the molecule is Cl.O=C(Cc1ccccc1Br)N1CCC(N2CCNCC2)C1. The molecule has 0 bridgehead atoms. The van der Waals surface area contributed by atoms with Crippen LogP contribution in [0.15, 0.2) is 28.7 Å². The quantitative estimate of drug-likeness (QED) is 0.859. The number of carbonyl (C=O) groups excluding carboxylic acids is 1. The summed E-state index contributed by atoms with van der Waals surface area (Å²) in [5.74, 6) is 0.250. The van der Waals surface area contributed by atoms with Gasteiger partial charge in [0, 0.05) is 49.8 Å². The van der Waals surface area contributed by atoms with Gasteiger partial charge in [-0.25, -0.2) is 0 Å². The fraction of sp³-hybridized carbons (Fsp3) is 0.562. The van der Waals surface area contributed by atoms with Gasteiger partial charge in [0.05, 0.1) is 6.42 Å². The standard InChI is InChI=1S/C16H22BrN3O.ClH/c17-15-4-2-1-3-13(15)11-16(21)20-8-5-14(12-20)19-9-6-18-7-10-19;/h1-4,14,18H,5-12H2;1H. The minimum atomic E-state index is 0. The van der Waals surface area contributed by atoms with Crippen LogP contribution in [0.4, 0.5) is 0 Å². The number of rotatable bonds is 3. The summed E-state index contributed by atoms with van der Waals surface area (Å²) < 4.78 is 1.02. The lowest BCUT2D eigenvalue weighted by Crippen LogP contribution is -2.49. The van der Waals surface area contributed by atoms with E-state index in [1.54, 1.807) is 0 Å². The second kappa shape index (κ2) is 8.29. The molecule has 1 N–H and O–H groups in total. The average molecular weight is 389 g/mol. The van der Waals surface area contributed by atoms with Gasteiger partial charge in [-0.15, -0.1) is 12.4 Å². The van der Waals surface area contributed by atoms with Crippen molar-refractivity contribution in [3.63, 3.8) is 0 Å². The van der Waals surface area contributed by atoms with Crippen LogP contribution in [0, 0.1) is 0 Å². The van der Waals surface area contributed by atoms with Gasteiger partial charge in [0.15, 0.2) is 0 Å². The maximum absolute atomic E-state index is 12.5. The highest BCUT2D eigenvalue weighted by Gasteiger charge is 2.30. The molecule has 4 nitrogen and oxygen atoms in total. The van der Waals surface area contributed by atoms with Crippen molar-refractivity contribution in [2.24, 2.45) is 0 Å². The van der Waals surface area contributed by atoms with E-state index in [0.29, 0.717) is 12.5 Å². The number of piperazine rings is 1. The summed E-state index contributed by atoms with van der Waals surface area (Å²) in [5, 5.41) is 3.38. The Kier molecular flexibility index (Phi) is 6.68. The molecule has 0 aliphatic carbocycles. The zero-order valence-electron chi connectivity index (χ0n) is 12.6. The molecule has 2 fully saturated rings. The monoisotopic (exact) mass is 387 g/mol. The zero-order valence-corrected chi connectivity index (χ0v) is 15.0. The van der Waals surface area contributed by atoms with Gasteiger partial charge in [-0.05, 0) is 18.1 Å². The van der Waals surface area contributed by atoms with E-state index in [-0.39, 0.29) is 18.3 Å². The molecule has 0 aromatic heterocycles. The summed E-state index contributed by atoms with van der Waals surface area (Å²) in [7, 11) is 0. The summed E-state index contributed by atoms with van der Waals surface area (Å²) in [6, 6.07) is 8.53. The Hall–Kier alpha value is -0.620. The molecule has 0 saturated carbocycles. The van der Waals surface area contributed by atoms with Gasteiger partial charge in [-0.3, -0.25) is 9.69 Å². The van der Waals surface area contributed by atoms with E-state index in [4.69, 9.17) is 0 Å². The fourth-order valence-electron chi connectivity index (χ4n) is 3.23. The number of nitrogens with zero attached hydrogens (tertiary/aromatic N) is 2. The first-order valence-corrected chi connectivity index (χ1v) is 8.49. The molecule has 1 atom stereocenters. The summed E-state index contributed by atoms with van der Waals surface area (Å²) in [4.78, 5) is 17.0. The van der Waals surface area contributed by atoms with E-state index in [2.05, 4.69) is 26.1 Å². The van der Waals surface area contributed by atoms with Crippen molar-refractivity contribution in [3.05, 3.63) is 34.3 Å². The van der Waals surface area contributed by atoms with Crippen LogP contribution in [0.25, 0.3) is 0 Å². The van der Waals surface area contributed by atoms with Crippen molar-refractivity contribution >= 4 is 34.2 Å². The maximum atomic E-state index is 12.5. The summed E-state index contributed by atoms with van der Waals surface area (Å²) in [6.45, 7) is 6.15. The van der Waals surface area contributed by atoms with Crippen LogP contribution < -0.4 is 5.32 Å². The number of amides is 1. The van der Waals surface area contributed by atoms with Crippen LogP contribution in [-0.4, -0.2) is 61.0 Å². The lowest BCUT2D eigenvalue weighted by molar-refractivity contribution is -0.129. The van der Waals surface area contributed by atoms with Gasteiger partial charge < -0.3 is 10.2 Å². The molecule has 2 aliphatic heterocycles. The van der Waals surface area contributed by atoms with Crippen LogP contribution in [0.1, 0.15) is 12.0 Å². The molecular weight excluding hydrogens is 366 g/mol. The molecular formula is C16H23BrClN3O. The number of halogens is 2. The summed E-state index contributed by atoms with van der Waals surface area (Å²) >= 11 is 3.52. The first kappa shape index (κ1) is 17.7. The van der Waals surface area contributed by atoms with Crippen molar-refractivity contribution in [2.75, 3.05) is 39.3 Å². The molecule has 6 heteroatoms. The topological polar surface area (TPSA) is 35.6 Å². The number of likely N-dealkylation sites (tertiary alicyclic amines) is 1. The normalized spacial score (nSPS) is 22.4. The fourth-order valence-corrected chi connectivity index (χ4v) is 3.66. The zero-order chi connectivity index (χ0) is 14.7. The average Bonchev–Trinajstić information content (AvgIpc) is 3.00. The molecule has 0 radical (unpaired) electrons. The Morgan fingerprint density at radius 1 is 1.23 bits per heavy atom. The molecule has 22 heavy (non-hydrogen) atoms. The van der Waals surface area contributed by atoms with Gasteiger partial charge in [0.2, 0.25) is 5.91 Å². The van der Waals surface area contributed by atoms with E-state index >= 15 is 0 Å². The molecule has 1 unspecified atom stereocenters. The van der Waals surface area contributed by atoms with E-state index in [0.717, 1.165) is 55.7 Å². The third-order valence-electron chi connectivity index (χ3n) is 4.48. The van der Waals surface area contributed by atoms with E-state index in [9.17, 15) is 4.79 Å². The predicted octanol–water partition coefficient (Wildman–Crippen LogP) is 1.92. The predicted molar refractivity (Wildman–Crippen MR) is 94.5 cm³/mol. The molecule has 0 spiro atoms. The van der Waals surface area contributed by atoms with Gasteiger partial charge in [0.25, 0.3) is 0 Å². The van der Waals surface area contributed by atoms with Gasteiger partial charge in [-0.2, -0.15) is 0 Å². The number of carbonyl (C=O) groups is 1. The van der Waals surface area contributed by atoms with E-state index in [1.165, 1.54) is 0 Å². The third-order valence-corrected chi connectivity index (χ3v) is 5.26. The first-order chi connectivity index (χ1) is 10.2. The Labute approximate surface area is 146 Å². The minimum absolute atomic E-state index is 0. The maximum Gasteiger partial charge on any atom is 0.227 e. The summed E-state index contributed by atoms with van der Waals surface area (Å²) in [5.41, 5.74) is 1.08. The Bertz CT molecular complexity index is 508. The molecule has 2 aliphatic rings. The Morgan fingerprint density at radius 2 is 1.95 bits per heavy atom. The van der Waals surface area contributed by atoms with Crippen molar-refractivity contribution in [1.82, 2.24) is 15.1 Å². The number of benzene rings is 1. The largest absolute Gasteiger partial charge is 0.341 e. The van der Waals surface area contributed by atoms with Gasteiger partial charge in [-0.1, -0.05) is 34.1 Å². The highest BCUT2D eigenvalue weighted by Crippen LogP contribution is 2.20. The highest BCUT2D eigenvalue weighted by atomic mass is 79.9. The molecule has 2 saturated heterocycles. The number of hydrogen-bond acceptors (Lipinski definition) is 3. The molecule has 122 valence electrons. The van der Waals surface area contributed by atoms with E-state index < -0.39 is 0 Å². The highest BCUT2D eigenvalue weighted by molar-refractivity contribution is 9.10. The van der Waals surface area contributed by atoms with Gasteiger partial charge in [0.1, 0.15) is 0 Å². The second-order valence-corrected chi connectivity index (χ2v) is 6.69. The Morgan fingerprint density at radius 3 is 2.68 bits per heavy atom. The molecule has 1 aromatic rings. The van der Waals surface area contributed by atoms with Crippen LogP contribution in [-0.2, 0) is 11.2 Å². The lowest BCUT2D eigenvalue weighted by atomic mass is 10.1. The molecule has 3 rings (SSSR count). The first-order valence-electron chi connectivity index (χ1n) is 7.70. The lowest BCUT2D eigenvalue weighted by Gasteiger charge is -2.32. The van der Waals surface area contributed by atoms with E-state index in [1.807, 2.05) is 29.2 Å². The van der Waals surface area contributed by atoms with Gasteiger partial charge >= 0.3 is 0 Å². The van der Waals surface area contributed by atoms with Crippen LogP contribution in [0.5, 0.6) is 0 Å². The molecule has 1 amide bonds.